The first-order valence-corrected chi connectivity index (χ1v) is 12.9. The monoisotopic (exact) mass is 484 g/mol. The van der Waals surface area contributed by atoms with Crippen LogP contribution in [-0.2, 0) is 16.8 Å². The van der Waals surface area contributed by atoms with E-state index in [-0.39, 0.29) is 28.3 Å². The summed E-state index contributed by atoms with van der Waals surface area (Å²) in [5.74, 6) is -0.471. The predicted molar refractivity (Wildman–Crippen MR) is 134 cm³/mol. The number of rotatable bonds is 5. The Morgan fingerprint density at radius 1 is 1.21 bits per heavy atom. The number of aliphatic carboxylic acids is 1. The van der Waals surface area contributed by atoms with E-state index in [9.17, 15) is 14.7 Å². The van der Waals surface area contributed by atoms with E-state index in [1.807, 2.05) is 4.90 Å². The van der Waals surface area contributed by atoms with Crippen molar-refractivity contribution < 1.29 is 14.7 Å². The van der Waals surface area contributed by atoms with Crippen LogP contribution in [0.4, 0.5) is 4.79 Å². The van der Waals surface area contributed by atoms with Gasteiger partial charge in [-0.1, -0.05) is 65.3 Å². The molecule has 0 aromatic heterocycles. The van der Waals surface area contributed by atoms with E-state index in [0.717, 1.165) is 35.4 Å². The van der Waals surface area contributed by atoms with Crippen LogP contribution in [-0.4, -0.2) is 27.5 Å². The van der Waals surface area contributed by atoms with Gasteiger partial charge in [0.15, 0.2) is 0 Å². The third kappa shape index (κ3) is 3.26. The molecule has 6 rings (SSSR count). The number of hydrogen-bond donors (Lipinski definition) is 2. The molecule has 1 aromatic carbocycles. The maximum absolute atomic E-state index is 13.5. The van der Waals surface area contributed by atoms with Gasteiger partial charge in [-0.25, -0.2) is 4.79 Å². The van der Waals surface area contributed by atoms with Gasteiger partial charge in [-0.15, -0.1) is 0 Å². The van der Waals surface area contributed by atoms with Crippen LogP contribution in [0.25, 0.3) is 0 Å². The van der Waals surface area contributed by atoms with Crippen LogP contribution in [0, 0.1) is 22.2 Å². The van der Waals surface area contributed by atoms with Crippen molar-refractivity contribution in [3.63, 3.8) is 0 Å². The Morgan fingerprint density at radius 2 is 1.85 bits per heavy atom. The minimum atomic E-state index is -0.731. The molecule has 2 N–H and O–H groups in total. The molecule has 1 heterocycles. The first kappa shape index (κ1) is 23.7. The number of halogens is 1. The molecule has 2 bridgehead atoms. The van der Waals surface area contributed by atoms with Crippen molar-refractivity contribution in [1.82, 2.24) is 10.2 Å². The fourth-order valence-electron chi connectivity index (χ4n) is 6.94. The van der Waals surface area contributed by atoms with Crippen molar-refractivity contribution in [2.45, 2.75) is 91.1 Å². The second kappa shape index (κ2) is 7.02. The number of nitrogens with zero attached hydrogens (tertiary/aromatic N) is 1. The van der Waals surface area contributed by atoms with E-state index in [1.165, 1.54) is 5.57 Å². The predicted octanol–water partition coefficient (Wildman–Crippen LogP) is 6.50. The second-order valence-corrected chi connectivity index (χ2v) is 13.8. The SMILES string of the molecule is CC1C2=CN(C34CC(C(=O)O)(C3)C4)C(=O)NC2(c2ccc(CCC(C)(C)C)c(Cl)c2)CC1(C)C. The van der Waals surface area contributed by atoms with Crippen LogP contribution in [0.5, 0.6) is 0 Å². The number of hydrogen-bond acceptors (Lipinski definition) is 2. The quantitative estimate of drug-likeness (QED) is 0.501. The lowest BCUT2D eigenvalue weighted by atomic mass is 9.38. The average molecular weight is 485 g/mol. The Bertz CT molecular complexity index is 1100. The number of aryl methyl sites for hydroxylation is 1. The van der Waals surface area contributed by atoms with Crippen molar-refractivity contribution in [2.75, 3.05) is 0 Å². The number of nitrogens with one attached hydrogen (secondary N) is 1. The minimum Gasteiger partial charge on any atom is -0.481 e. The van der Waals surface area contributed by atoms with E-state index in [4.69, 9.17) is 11.6 Å². The molecule has 184 valence electrons. The lowest BCUT2D eigenvalue weighted by molar-refractivity contribution is -0.215. The highest BCUT2D eigenvalue weighted by Crippen LogP contribution is 2.71. The van der Waals surface area contributed by atoms with E-state index >= 15 is 0 Å². The highest BCUT2D eigenvalue weighted by Gasteiger charge is 2.75. The van der Waals surface area contributed by atoms with Gasteiger partial charge in [0.2, 0.25) is 0 Å². The molecule has 0 saturated heterocycles. The number of fused-ring (bicyclic) bond motifs is 1. The summed E-state index contributed by atoms with van der Waals surface area (Å²) < 4.78 is 0. The van der Waals surface area contributed by atoms with E-state index in [2.05, 4.69) is 71.3 Å². The maximum atomic E-state index is 13.5. The van der Waals surface area contributed by atoms with Gasteiger partial charge < -0.3 is 10.4 Å². The van der Waals surface area contributed by atoms with Crippen molar-refractivity contribution >= 4 is 23.6 Å². The van der Waals surface area contributed by atoms with Gasteiger partial charge in [-0.05, 0) is 78.0 Å². The van der Waals surface area contributed by atoms with Gasteiger partial charge in [0, 0.05) is 11.2 Å². The van der Waals surface area contributed by atoms with E-state index in [0.29, 0.717) is 19.3 Å². The third-order valence-electron chi connectivity index (χ3n) is 9.32. The Kier molecular flexibility index (Phi) is 4.90. The van der Waals surface area contributed by atoms with Crippen molar-refractivity contribution in [2.24, 2.45) is 22.2 Å². The molecular formula is C28H37ClN2O3. The first-order valence-electron chi connectivity index (χ1n) is 12.5. The lowest BCUT2D eigenvalue weighted by Gasteiger charge is -2.71. The number of benzene rings is 1. The van der Waals surface area contributed by atoms with E-state index < -0.39 is 16.9 Å². The first-order chi connectivity index (χ1) is 15.6. The molecule has 5 nitrogen and oxygen atoms in total. The van der Waals surface area contributed by atoms with Crippen LogP contribution in [0.2, 0.25) is 5.02 Å². The third-order valence-corrected chi connectivity index (χ3v) is 9.67. The minimum absolute atomic E-state index is 0.00573. The summed E-state index contributed by atoms with van der Waals surface area (Å²) in [7, 11) is 0. The van der Waals surface area contributed by atoms with Gasteiger partial charge in [0.25, 0.3) is 0 Å². The molecule has 4 aliphatic carbocycles. The molecule has 2 atom stereocenters. The van der Waals surface area contributed by atoms with Crippen molar-refractivity contribution in [3.8, 4) is 0 Å². The van der Waals surface area contributed by atoms with Gasteiger partial charge in [0.05, 0.1) is 16.5 Å². The lowest BCUT2D eigenvalue weighted by Crippen LogP contribution is -2.78. The Hall–Kier alpha value is -2.01. The normalized spacial score (nSPS) is 35.6. The summed E-state index contributed by atoms with van der Waals surface area (Å²) in [6.45, 7) is 13.5. The molecule has 6 heteroatoms. The summed E-state index contributed by atoms with van der Waals surface area (Å²) >= 11 is 6.79. The van der Waals surface area contributed by atoms with Gasteiger partial charge >= 0.3 is 12.0 Å². The summed E-state index contributed by atoms with van der Waals surface area (Å²) in [5.41, 5.74) is 2.06. The zero-order chi connectivity index (χ0) is 24.9. The summed E-state index contributed by atoms with van der Waals surface area (Å²) in [4.78, 5) is 27.0. The van der Waals surface area contributed by atoms with Crippen LogP contribution in [0.3, 0.4) is 0 Å². The number of carbonyl (C=O) groups is 2. The number of amides is 2. The van der Waals surface area contributed by atoms with Crippen LogP contribution >= 0.6 is 11.6 Å². The fourth-order valence-corrected chi connectivity index (χ4v) is 7.22. The molecular weight excluding hydrogens is 448 g/mol. The smallest absolute Gasteiger partial charge is 0.322 e. The Morgan fingerprint density at radius 3 is 2.41 bits per heavy atom. The second-order valence-electron chi connectivity index (χ2n) is 13.4. The maximum Gasteiger partial charge on any atom is 0.322 e. The summed E-state index contributed by atoms with van der Waals surface area (Å²) in [6, 6.07) is 6.20. The summed E-state index contributed by atoms with van der Waals surface area (Å²) in [5, 5.41) is 13.7. The highest BCUT2D eigenvalue weighted by atomic mass is 35.5. The number of carbonyl (C=O) groups excluding carboxylic acids is 1. The fraction of sp³-hybridized carbons (Fsp3) is 0.643. The van der Waals surface area contributed by atoms with E-state index in [1.54, 1.807) is 0 Å². The zero-order valence-corrected chi connectivity index (χ0v) is 22.0. The molecule has 0 spiro atoms. The van der Waals surface area contributed by atoms with Crippen molar-refractivity contribution in [1.29, 1.82) is 0 Å². The number of urea groups is 1. The van der Waals surface area contributed by atoms with Crippen LogP contribution < -0.4 is 5.32 Å². The molecule has 34 heavy (non-hydrogen) atoms. The topological polar surface area (TPSA) is 69.6 Å². The zero-order valence-electron chi connectivity index (χ0n) is 21.2. The van der Waals surface area contributed by atoms with Gasteiger partial charge in [-0.3, -0.25) is 9.69 Å². The number of carboxylic acids is 1. The molecule has 4 saturated carbocycles. The standard InChI is InChI=1S/C28H37ClN2O3/c1-17-20-12-31(27-14-26(15-27,16-27)22(32)33)23(34)30-28(20,13-25(17,5)6)19-8-7-18(21(29)11-19)9-10-24(2,3)4/h7-8,11-12,17H,9-10,13-16H2,1-6H3,(H,30,34)(H,32,33). The highest BCUT2D eigenvalue weighted by molar-refractivity contribution is 6.31. The molecule has 0 radical (unpaired) electrons. The molecule has 2 unspecified atom stereocenters. The van der Waals surface area contributed by atoms with Crippen LogP contribution in [0.1, 0.15) is 84.8 Å². The summed E-state index contributed by atoms with van der Waals surface area (Å²) in [6.07, 6.45) is 6.48. The molecule has 2 amide bonds. The molecule has 5 aliphatic rings. The Balaban J connectivity index is 1.50. The molecule has 4 fully saturated rings. The average Bonchev–Trinajstić information content (AvgIpc) is 2.84. The van der Waals surface area contributed by atoms with Crippen LogP contribution in [0.15, 0.2) is 30.0 Å². The molecule has 1 aromatic rings. The van der Waals surface area contributed by atoms with Gasteiger partial charge in [-0.2, -0.15) is 0 Å². The number of carboxylic acid groups (broad SMARTS) is 1. The largest absolute Gasteiger partial charge is 0.481 e. The molecule has 1 aliphatic heterocycles. The van der Waals surface area contributed by atoms with Crippen molar-refractivity contribution in [3.05, 3.63) is 46.1 Å². The Labute approximate surface area is 207 Å². The van der Waals surface area contributed by atoms with Gasteiger partial charge in [0.1, 0.15) is 0 Å².